The lowest BCUT2D eigenvalue weighted by molar-refractivity contribution is 0.555. The van der Waals surface area contributed by atoms with E-state index in [2.05, 4.69) is 36.6 Å². The first-order chi connectivity index (χ1) is 9.26. The van der Waals surface area contributed by atoms with Crippen molar-refractivity contribution in [2.75, 3.05) is 11.4 Å². The first-order valence-electron chi connectivity index (χ1n) is 6.41. The molecule has 100 valence electrons. The molecule has 0 unspecified atom stereocenters. The molecule has 3 rings (SSSR count). The molecule has 0 radical (unpaired) electrons. The second-order valence-corrected chi connectivity index (χ2v) is 4.96. The number of fused-ring (bicyclic) bond motifs is 1. The summed E-state index contributed by atoms with van der Waals surface area (Å²) in [7, 11) is 0. The monoisotopic (exact) mass is 278 g/mol. The van der Waals surface area contributed by atoms with Crippen LogP contribution in [-0.4, -0.2) is 31.3 Å². The van der Waals surface area contributed by atoms with Gasteiger partial charge in [0.1, 0.15) is 23.1 Å². The summed E-state index contributed by atoms with van der Waals surface area (Å²) in [6, 6.07) is 1.81. The van der Waals surface area contributed by atoms with Crippen molar-refractivity contribution < 1.29 is 0 Å². The van der Waals surface area contributed by atoms with Gasteiger partial charge in [0, 0.05) is 25.6 Å². The molecular formula is C12H15ClN6. The summed E-state index contributed by atoms with van der Waals surface area (Å²) in [6.45, 7) is 4.56. The number of hydrogen-bond acceptors (Lipinski definition) is 5. The van der Waals surface area contributed by atoms with Crippen LogP contribution in [0.5, 0.6) is 0 Å². The summed E-state index contributed by atoms with van der Waals surface area (Å²) in [6.07, 6.45) is 3.62. The van der Waals surface area contributed by atoms with E-state index in [9.17, 15) is 0 Å². The second-order valence-electron chi connectivity index (χ2n) is 4.58. The van der Waals surface area contributed by atoms with E-state index in [1.807, 2.05) is 6.07 Å². The Labute approximate surface area is 116 Å². The zero-order valence-electron chi connectivity index (χ0n) is 10.8. The topological polar surface area (TPSA) is 59.7 Å². The molecule has 0 saturated heterocycles. The number of aromatic nitrogens is 5. The highest BCUT2D eigenvalue weighted by atomic mass is 35.5. The number of nitrogens with zero attached hydrogens (tertiary/aromatic N) is 6. The summed E-state index contributed by atoms with van der Waals surface area (Å²) in [4.78, 5) is 11.0. The molecular weight excluding hydrogens is 264 g/mol. The Morgan fingerprint density at radius 1 is 1.32 bits per heavy atom. The van der Waals surface area contributed by atoms with Gasteiger partial charge in [0.2, 0.25) is 0 Å². The molecule has 0 aromatic carbocycles. The number of halogens is 1. The Hall–Kier alpha value is -1.69. The first kappa shape index (κ1) is 12.3. The summed E-state index contributed by atoms with van der Waals surface area (Å²) < 4.78 is 2.06. The highest BCUT2D eigenvalue weighted by Gasteiger charge is 2.19. The SMILES string of the molecule is CCCc1nc(Cl)cc(N2CCn3cnnc3C2)n1. The molecule has 0 bridgehead atoms. The van der Waals surface area contributed by atoms with Crippen LogP contribution in [0.15, 0.2) is 12.4 Å². The number of hydrogen-bond donors (Lipinski definition) is 0. The van der Waals surface area contributed by atoms with Crippen molar-refractivity contribution in [3.63, 3.8) is 0 Å². The van der Waals surface area contributed by atoms with E-state index in [1.165, 1.54) is 0 Å². The summed E-state index contributed by atoms with van der Waals surface area (Å²) in [5.41, 5.74) is 0. The molecule has 0 saturated carbocycles. The van der Waals surface area contributed by atoms with Crippen molar-refractivity contribution in [3.8, 4) is 0 Å². The van der Waals surface area contributed by atoms with Gasteiger partial charge in [0.15, 0.2) is 5.82 Å². The lowest BCUT2D eigenvalue weighted by atomic mass is 10.3. The molecule has 0 atom stereocenters. The van der Waals surface area contributed by atoms with Crippen molar-refractivity contribution in [2.24, 2.45) is 0 Å². The molecule has 0 amide bonds. The lowest BCUT2D eigenvalue weighted by Crippen LogP contribution is -2.34. The Kier molecular flexibility index (Phi) is 3.33. The first-order valence-corrected chi connectivity index (χ1v) is 6.79. The van der Waals surface area contributed by atoms with E-state index >= 15 is 0 Å². The van der Waals surface area contributed by atoms with E-state index in [4.69, 9.17) is 11.6 Å². The van der Waals surface area contributed by atoms with Gasteiger partial charge in [0.05, 0.1) is 6.54 Å². The smallest absolute Gasteiger partial charge is 0.152 e. The third-order valence-corrected chi connectivity index (χ3v) is 3.36. The molecule has 1 aliphatic heterocycles. The normalized spacial score (nSPS) is 14.5. The van der Waals surface area contributed by atoms with Gasteiger partial charge in [-0.1, -0.05) is 18.5 Å². The van der Waals surface area contributed by atoms with E-state index < -0.39 is 0 Å². The third-order valence-electron chi connectivity index (χ3n) is 3.16. The molecule has 6 nitrogen and oxygen atoms in total. The molecule has 3 heterocycles. The van der Waals surface area contributed by atoms with Gasteiger partial charge in [0.25, 0.3) is 0 Å². The molecule has 7 heteroatoms. The predicted octanol–water partition coefficient (Wildman–Crippen LogP) is 1.69. The van der Waals surface area contributed by atoms with Crippen LogP contribution in [-0.2, 0) is 19.5 Å². The molecule has 0 aliphatic carbocycles. The van der Waals surface area contributed by atoms with E-state index in [1.54, 1.807) is 6.33 Å². The van der Waals surface area contributed by atoms with Gasteiger partial charge >= 0.3 is 0 Å². The fourth-order valence-corrected chi connectivity index (χ4v) is 2.41. The molecule has 0 N–H and O–H groups in total. The highest BCUT2D eigenvalue weighted by molar-refractivity contribution is 6.29. The van der Waals surface area contributed by atoms with Crippen molar-refractivity contribution in [1.82, 2.24) is 24.7 Å². The van der Waals surface area contributed by atoms with Gasteiger partial charge in [-0.3, -0.25) is 0 Å². The average molecular weight is 279 g/mol. The Balaban J connectivity index is 1.87. The quantitative estimate of drug-likeness (QED) is 0.800. The van der Waals surface area contributed by atoms with Crippen LogP contribution >= 0.6 is 11.6 Å². The molecule has 2 aromatic rings. The zero-order valence-corrected chi connectivity index (χ0v) is 11.5. The fraction of sp³-hybridized carbons (Fsp3) is 0.500. The number of anilines is 1. The predicted molar refractivity (Wildman–Crippen MR) is 72.1 cm³/mol. The van der Waals surface area contributed by atoms with Crippen LogP contribution in [0.4, 0.5) is 5.82 Å². The lowest BCUT2D eigenvalue weighted by Gasteiger charge is -2.28. The van der Waals surface area contributed by atoms with Gasteiger partial charge in [-0.15, -0.1) is 10.2 Å². The van der Waals surface area contributed by atoms with Gasteiger partial charge < -0.3 is 9.47 Å². The van der Waals surface area contributed by atoms with Crippen molar-refractivity contribution in [3.05, 3.63) is 29.2 Å². The average Bonchev–Trinajstić information content (AvgIpc) is 2.85. The molecule has 1 aliphatic rings. The summed E-state index contributed by atoms with van der Waals surface area (Å²) >= 11 is 6.07. The molecule has 2 aromatic heterocycles. The van der Waals surface area contributed by atoms with Crippen molar-refractivity contribution in [2.45, 2.75) is 32.9 Å². The van der Waals surface area contributed by atoms with Crippen molar-refractivity contribution >= 4 is 17.4 Å². The summed E-state index contributed by atoms with van der Waals surface area (Å²) in [5, 5.41) is 8.53. The van der Waals surface area contributed by atoms with Crippen LogP contribution in [0, 0.1) is 0 Å². The van der Waals surface area contributed by atoms with Crippen molar-refractivity contribution in [1.29, 1.82) is 0 Å². The van der Waals surface area contributed by atoms with Crippen LogP contribution in [0.25, 0.3) is 0 Å². The second kappa shape index (κ2) is 5.13. The maximum Gasteiger partial charge on any atom is 0.152 e. The minimum Gasteiger partial charge on any atom is -0.347 e. The van der Waals surface area contributed by atoms with E-state index in [0.717, 1.165) is 43.4 Å². The maximum absolute atomic E-state index is 6.07. The van der Waals surface area contributed by atoms with Crippen LogP contribution in [0.1, 0.15) is 25.0 Å². The minimum atomic E-state index is 0.500. The van der Waals surface area contributed by atoms with E-state index in [-0.39, 0.29) is 0 Å². The standard InChI is InChI=1S/C12H15ClN6/c1-2-3-10-15-9(13)6-11(16-10)18-4-5-19-8-14-17-12(19)7-18/h6,8H,2-5,7H2,1H3. The Bertz CT molecular complexity index is 581. The molecule has 19 heavy (non-hydrogen) atoms. The molecule has 0 spiro atoms. The molecule has 0 fully saturated rings. The Morgan fingerprint density at radius 3 is 3.05 bits per heavy atom. The van der Waals surface area contributed by atoms with Crippen LogP contribution < -0.4 is 4.90 Å². The number of aryl methyl sites for hydroxylation is 1. The third kappa shape index (κ3) is 2.53. The van der Waals surface area contributed by atoms with E-state index in [0.29, 0.717) is 11.7 Å². The van der Waals surface area contributed by atoms with Crippen LogP contribution in [0.3, 0.4) is 0 Å². The van der Waals surface area contributed by atoms with Gasteiger partial charge in [-0.25, -0.2) is 9.97 Å². The zero-order chi connectivity index (χ0) is 13.2. The summed E-state index contributed by atoms with van der Waals surface area (Å²) in [5.74, 6) is 2.63. The number of rotatable bonds is 3. The highest BCUT2D eigenvalue weighted by Crippen LogP contribution is 2.20. The Morgan fingerprint density at radius 2 is 2.21 bits per heavy atom. The fourth-order valence-electron chi connectivity index (χ4n) is 2.21. The maximum atomic E-state index is 6.07. The van der Waals surface area contributed by atoms with Gasteiger partial charge in [-0.05, 0) is 6.42 Å². The van der Waals surface area contributed by atoms with Gasteiger partial charge in [-0.2, -0.15) is 0 Å². The minimum absolute atomic E-state index is 0.500. The van der Waals surface area contributed by atoms with Crippen LogP contribution in [0.2, 0.25) is 5.15 Å². The largest absolute Gasteiger partial charge is 0.347 e.